The lowest BCUT2D eigenvalue weighted by molar-refractivity contribution is 0.0473. The Morgan fingerprint density at radius 2 is 2.41 bits per heavy atom. The summed E-state index contributed by atoms with van der Waals surface area (Å²) in [6, 6.07) is 3.74. The number of halogens is 1. The van der Waals surface area contributed by atoms with Gasteiger partial charge >= 0.3 is 0 Å². The van der Waals surface area contributed by atoms with Crippen molar-refractivity contribution in [3.63, 3.8) is 0 Å². The van der Waals surface area contributed by atoms with Crippen molar-refractivity contribution in [1.29, 1.82) is 0 Å². The lowest BCUT2D eigenvalue weighted by Gasteiger charge is -2.30. The molecule has 0 aliphatic carbocycles. The van der Waals surface area contributed by atoms with Crippen LogP contribution < -0.4 is 5.32 Å². The molecule has 0 saturated carbocycles. The second-order valence-electron chi connectivity index (χ2n) is 4.82. The molecule has 1 aliphatic rings. The van der Waals surface area contributed by atoms with E-state index in [1.165, 1.54) is 0 Å². The minimum Gasteiger partial charge on any atom is -0.379 e. The number of aryl methyl sites for hydroxylation is 1. The van der Waals surface area contributed by atoms with E-state index in [2.05, 4.69) is 10.3 Å². The largest absolute Gasteiger partial charge is 0.379 e. The molecule has 2 rings (SSSR count). The summed E-state index contributed by atoms with van der Waals surface area (Å²) in [7, 11) is 0. The molecule has 0 aromatic carbocycles. The van der Waals surface area contributed by atoms with Crippen LogP contribution in [0.15, 0.2) is 18.3 Å². The molecule has 0 spiro atoms. The highest BCUT2D eigenvalue weighted by Crippen LogP contribution is 2.30. The number of morpholine rings is 1. The van der Waals surface area contributed by atoms with Gasteiger partial charge in [0, 0.05) is 36.5 Å². The summed E-state index contributed by atoms with van der Waals surface area (Å²) in [5.74, 6) is 0. The van der Waals surface area contributed by atoms with E-state index >= 15 is 0 Å². The number of nitrogens with one attached hydrogen (secondary N) is 1. The van der Waals surface area contributed by atoms with Crippen molar-refractivity contribution < 1.29 is 9.13 Å². The molecular weight excluding hydrogens is 219 g/mol. The molecule has 2 unspecified atom stereocenters. The molecule has 17 heavy (non-hydrogen) atoms. The van der Waals surface area contributed by atoms with E-state index in [9.17, 15) is 4.39 Å². The lowest BCUT2D eigenvalue weighted by Crippen LogP contribution is -2.44. The number of rotatable bonds is 3. The minimum absolute atomic E-state index is 0.0834. The van der Waals surface area contributed by atoms with E-state index in [1.807, 2.05) is 19.1 Å². The summed E-state index contributed by atoms with van der Waals surface area (Å²) in [5, 5.41) is 3.27. The van der Waals surface area contributed by atoms with Gasteiger partial charge in [0.25, 0.3) is 0 Å². The third-order valence-corrected chi connectivity index (χ3v) is 3.14. The first kappa shape index (κ1) is 12.5. The number of hydrogen-bond acceptors (Lipinski definition) is 3. The van der Waals surface area contributed by atoms with Crippen molar-refractivity contribution in [1.82, 2.24) is 10.3 Å². The maximum Gasteiger partial charge on any atom is 0.136 e. The molecule has 1 saturated heterocycles. The molecule has 1 N–H and O–H groups in total. The van der Waals surface area contributed by atoms with Crippen LogP contribution in [-0.4, -0.2) is 30.8 Å². The van der Waals surface area contributed by atoms with Crippen LogP contribution in [0.5, 0.6) is 0 Å². The average molecular weight is 238 g/mol. The van der Waals surface area contributed by atoms with Gasteiger partial charge in [-0.1, -0.05) is 6.07 Å². The van der Waals surface area contributed by atoms with Gasteiger partial charge in [-0.3, -0.25) is 4.98 Å². The topological polar surface area (TPSA) is 34.1 Å². The van der Waals surface area contributed by atoms with Crippen LogP contribution in [0.3, 0.4) is 0 Å². The zero-order chi connectivity index (χ0) is 12.3. The van der Waals surface area contributed by atoms with Crippen molar-refractivity contribution in [3.8, 4) is 0 Å². The standard InChI is InChI=1S/C13H19FN2O/c1-10-3-4-11(8-16-10)13(2,14)7-12-9-17-6-5-15-12/h3-4,8,12,15H,5-7,9H2,1-2H3. The summed E-state index contributed by atoms with van der Waals surface area (Å²) in [6.45, 7) is 5.60. The Hall–Kier alpha value is -1.00. The lowest BCUT2D eigenvalue weighted by atomic mass is 9.91. The van der Waals surface area contributed by atoms with Gasteiger partial charge in [-0.15, -0.1) is 0 Å². The molecule has 3 nitrogen and oxygen atoms in total. The Morgan fingerprint density at radius 1 is 1.59 bits per heavy atom. The van der Waals surface area contributed by atoms with Gasteiger partial charge in [0.1, 0.15) is 5.67 Å². The second-order valence-corrected chi connectivity index (χ2v) is 4.82. The maximum atomic E-state index is 14.6. The van der Waals surface area contributed by atoms with Gasteiger partial charge < -0.3 is 10.1 Å². The summed E-state index contributed by atoms with van der Waals surface area (Å²) >= 11 is 0. The number of aromatic nitrogens is 1. The number of nitrogens with zero attached hydrogens (tertiary/aromatic N) is 1. The number of alkyl halides is 1. The summed E-state index contributed by atoms with van der Waals surface area (Å²) in [6.07, 6.45) is 2.04. The quantitative estimate of drug-likeness (QED) is 0.874. The molecule has 94 valence electrons. The van der Waals surface area contributed by atoms with Crippen molar-refractivity contribution in [2.45, 2.75) is 32.0 Å². The Kier molecular flexibility index (Phi) is 3.74. The van der Waals surface area contributed by atoms with Crippen molar-refractivity contribution >= 4 is 0 Å². The molecule has 1 fully saturated rings. The zero-order valence-corrected chi connectivity index (χ0v) is 10.4. The van der Waals surface area contributed by atoms with Crippen LogP contribution in [0.25, 0.3) is 0 Å². The molecule has 2 heterocycles. The maximum absolute atomic E-state index is 14.6. The molecule has 1 aliphatic heterocycles. The predicted molar refractivity (Wildman–Crippen MR) is 64.7 cm³/mol. The fraction of sp³-hybridized carbons (Fsp3) is 0.615. The van der Waals surface area contributed by atoms with Crippen LogP contribution in [0.4, 0.5) is 4.39 Å². The van der Waals surface area contributed by atoms with Crippen molar-refractivity contribution in [2.24, 2.45) is 0 Å². The fourth-order valence-electron chi connectivity index (χ4n) is 2.11. The second kappa shape index (κ2) is 5.10. The van der Waals surface area contributed by atoms with Gasteiger partial charge in [-0.2, -0.15) is 0 Å². The summed E-state index contributed by atoms with van der Waals surface area (Å²) in [5.41, 5.74) is 0.179. The number of hydrogen-bond donors (Lipinski definition) is 1. The molecule has 2 atom stereocenters. The van der Waals surface area contributed by atoms with Gasteiger partial charge in [0.05, 0.1) is 13.2 Å². The Bertz CT molecular complexity index is 358. The van der Waals surface area contributed by atoms with E-state index in [-0.39, 0.29) is 6.04 Å². The molecule has 0 radical (unpaired) electrons. The molecular formula is C13H19FN2O. The van der Waals surface area contributed by atoms with E-state index in [4.69, 9.17) is 4.74 Å². The highest BCUT2D eigenvalue weighted by molar-refractivity contribution is 5.20. The fourth-order valence-corrected chi connectivity index (χ4v) is 2.11. The van der Waals surface area contributed by atoms with Crippen LogP contribution in [-0.2, 0) is 10.4 Å². The molecule has 1 aromatic heterocycles. The van der Waals surface area contributed by atoms with Gasteiger partial charge in [0.2, 0.25) is 0 Å². The van der Waals surface area contributed by atoms with E-state index < -0.39 is 5.67 Å². The third kappa shape index (κ3) is 3.23. The molecule has 1 aromatic rings. The van der Waals surface area contributed by atoms with Gasteiger partial charge in [-0.05, 0) is 19.9 Å². The predicted octanol–water partition coefficient (Wildman–Crippen LogP) is 1.95. The third-order valence-electron chi connectivity index (χ3n) is 3.14. The van der Waals surface area contributed by atoms with Crippen LogP contribution >= 0.6 is 0 Å². The Morgan fingerprint density at radius 3 is 3.00 bits per heavy atom. The molecule has 0 bridgehead atoms. The van der Waals surface area contributed by atoms with E-state index in [0.29, 0.717) is 25.2 Å². The number of ether oxygens (including phenoxy) is 1. The highest BCUT2D eigenvalue weighted by atomic mass is 19.1. The Labute approximate surface area is 101 Å². The summed E-state index contributed by atoms with van der Waals surface area (Å²) in [4.78, 5) is 4.15. The monoisotopic (exact) mass is 238 g/mol. The van der Waals surface area contributed by atoms with Crippen LogP contribution in [0.2, 0.25) is 0 Å². The van der Waals surface area contributed by atoms with Gasteiger partial charge in [0.15, 0.2) is 0 Å². The van der Waals surface area contributed by atoms with Gasteiger partial charge in [-0.25, -0.2) is 4.39 Å². The normalized spacial score (nSPS) is 24.3. The van der Waals surface area contributed by atoms with Crippen molar-refractivity contribution in [2.75, 3.05) is 19.8 Å². The van der Waals surface area contributed by atoms with Crippen LogP contribution in [0.1, 0.15) is 24.6 Å². The highest BCUT2D eigenvalue weighted by Gasteiger charge is 2.30. The number of pyridine rings is 1. The van der Waals surface area contributed by atoms with Crippen molar-refractivity contribution in [3.05, 3.63) is 29.6 Å². The van der Waals surface area contributed by atoms with E-state index in [0.717, 1.165) is 12.2 Å². The Balaban J connectivity index is 2.04. The van der Waals surface area contributed by atoms with Crippen LogP contribution in [0, 0.1) is 6.92 Å². The summed E-state index contributed by atoms with van der Waals surface area (Å²) < 4.78 is 19.9. The first-order valence-corrected chi connectivity index (χ1v) is 6.01. The molecule has 4 heteroatoms. The minimum atomic E-state index is -1.36. The first-order chi connectivity index (χ1) is 8.08. The van der Waals surface area contributed by atoms with E-state index in [1.54, 1.807) is 13.1 Å². The SMILES string of the molecule is Cc1ccc(C(C)(F)CC2COCCN2)cn1. The smallest absolute Gasteiger partial charge is 0.136 e. The molecule has 0 amide bonds. The zero-order valence-electron chi connectivity index (χ0n) is 10.4. The average Bonchev–Trinajstić information content (AvgIpc) is 2.30. The first-order valence-electron chi connectivity index (χ1n) is 6.01.